The van der Waals surface area contributed by atoms with E-state index >= 15 is 0 Å². The van der Waals surface area contributed by atoms with Gasteiger partial charge in [-0.05, 0) is 53.8 Å². The first-order chi connectivity index (χ1) is 15.9. The smallest absolute Gasteiger partial charge is 0.303 e. The van der Waals surface area contributed by atoms with Crippen molar-refractivity contribution in [1.82, 2.24) is 10.6 Å². The molecule has 6 nitrogen and oxygen atoms in total. The molecule has 1 atom stereocenters. The predicted octanol–water partition coefficient (Wildman–Crippen LogP) is 3.81. The van der Waals surface area contributed by atoms with Crippen molar-refractivity contribution in [2.45, 2.75) is 25.3 Å². The molecule has 0 fully saturated rings. The summed E-state index contributed by atoms with van der Waals surface area (Å²) in [5.41, 5.74) is 3.19. The predicted molar refractivity (Wildman–Crippen MR) is 123 cm³/mol. The average molecular weight is 448 g/mol. The summed E-state index contributed by atoms with van der Waals surface area (Å²) in [6.45, 7) is 0.273. The van der Waals surface area contributed by atoms with Gasteiger partial charge in [0.1, 0.15) is 11.9 Å². The van der Waals surface area contributed by atoms with Gasteiger partial charge in [-0.15, -0.1) is 0 Å². The van der Waals surface area contributed by atoms with Crippen molar-refractivity contribution >= 4 is 17.8 Å². The van der Waals surface area contributed by atoms with Crippen molar-refractivity contribution in [3.05, 3.63) is 95.8 Å². The number of hydrogen-bond acceptors (Lipinski definition) is 3. The molecular formula is C26H25FN2O4. The first kappa shape index (κ1) is 23.7. The molecule has 170 valence electrons. The largest absolute Gasteiger partial charge is 0.481 e. The molecule has 3 aromatic rings. The van der Waals surface area contributed by atoms with Gasteiger partial charge >= 0.3 is 5.97 Å². The Morgan fingerprint density at radius 3 is 2.12 bits per heavy atom. The number of amides is 2. The van der Waals surface area contributed by atoms with E-state index in [1.165, 1.54) is 12.1 Å². The third-order valence-electron chi connectivity index (χ3n) is 5.15. The van der Waals surface area contributed by atoms with E-state index in [2.05, 4.69) is 10.6 Å². The highest BCUT2D eigenvalue weighted by molar-refractivity contribution is 5.98. The fourth-order valence-electron chi connectivity index (χ4n) is 3.33. The minimum absolute atomic E-state index is 0.0362. The lowest BCUT2D eigenvalue weighted by Crippen LogP contribution is -2.47. The van der Waals surface area contributed by atoms with Crippen LogP contribution < -0.4 is 10.6 Å². The second-order valence-corrected chi connectivity index (χ2v) is 7.57. The number of hydrogen-bond donors (Lipinski definition) is 3. The van der Waals surface area contributed by atoms with Gasteiger partial charge in [0.2, 0.25) is 5.91 Å². The van der Waals surface area contributed by atoms with Gasteiger partial charge in [0.05, 0.1) is 0 Å². The summed E-state index contributed by atoms with van der Waals surface area (Å²) in [4.78, 5) is 36.3. The Morgan fingerprint density at radius 1 is 0.848 bits per heavy atom. The average Bonchev–Trinajstić information content (AvgIpc) is 2.83. The Hall–Kier alpha value is -4.00. The van der Waals surface area contributed by atoms with Crippen molar-refractivity contribution in [2.75, 3.05) is 6.54 Å². The van der Waals surface area contributed by atoms with E-state index in [0.717, 1.165) is 16.7 Å². The minimum atomic E-state index is -1.06. The zero-order valence-electron chi connectivity index (χ0n) is 18.0. The van der Waals surface area contributed by atoms with Crippen LogP contribution >= 0.6 is 0 Å². The molecule has 0 spiro atoms. The van der Waals surface area contributed by atoms with E-state index in [4.69, 9.17) is 5.11 Å². The van der Waals surface area contributed by atoms with Gasteiger partial charge in [-0.3, -0.25) is 14.4 Å². The quantitative estimate of drug-likeness (QED) is 0.440. The van der Waals surface area contributed by atoms with Crippen LogP contribution in [0.15, 0.2) is 78.9 Å². The number of carboxylic acid groups (broad SMARTS) is 1. The summed E-state index contributed by atoms with van der Waals surface area (Å²) in [7, 11) is 0. The number of carboxylic acids is 1. The molecule has 33 heavy (non-hydrogen) atoms. The van der Waals surface area contributed by atoms with Crippen LogP contribution in [0.4, 0.5) is 4.39 Å². The Balaban J connectivity index is 1.60. The minimum Gasteiger partial charge on any atom is -0.481 e. The fourth-order valence-corrected chi connectivity index (χ4v) is 3.33. The molecule has 3 aromatic carbocycles. The molecule has 3 N–H and O–H groups in total. The van der Waals surface area contributed by atoms with Crippen molar-refractivity contribution in [1.29, 1.82) is 0 Å². The number of aliphatic carboxylic acids is 1. The highest BCUT2D eigenvalue weighted by Gasteiger charge is 2.22. The molecule has 0 aliphatic carbocycles. The Labute approximate surface area is 191 Å². The molecule has 3 rings (SSSR count). The second kappa shape index (κ2) is 11.6. The molecule has 0 heterocycles. The van der Waals surface area contributed by atoms with Crippen LogP contribution in [0, 0.1) is 5.82 Å². The van der Waals surface area contributed by atoms with E-state index < -0.39 is 23.8 Å². The maximum atomic E-state index is 13.0. The van der Waals surface area contributed by atoms with Gasteiger partial charge < -0.3 is 15.7 Å². The highest BCUT2D eigenvalue weighted by atomic mass is 19.1. The van der Waals surface area contributed by atoms with Gasteiger partial charge in [-0.2, -0.15) is 0 Å². The van der Waals surface area contributed by atoms with E-state index in [-0.39, 0.29) is 25.2 Å². The molecule has 0 aliphatic rings. The molecule has 0 aliphatic heterocycles. The molecule has 2 amide bonds. The van der Waals surface area contributed by atoms with E-state index in [9.17, 15) is 18.8 Å². The van der Waals surface area contributed by atoms with Gasteiger partial charge in [0.15, 0.2) is 0 Å². The van der Waals surface area contributed by atoms with E-state index in [1.54, 1.807) is 24.3 Å². The SMILES string of the molecule is O=C(O)CC[C@H](NC(=O)c1ccc(-c2ccccc2)cc1)C(=O)NCCc1ccc(F)cc1. The van der Waals surface area contributed by atoms with Gasteiger partial charge in [0.25, 0.3) is 5.91 Å². The summed E-state index contributed by atoms with van der Waals surface area (Å²) >= 11 is 0. The molecule has 0 aromatic heterocycles. The summed E-state index contributed by atoms with van der Waals surface area (Å²) in [6, 6.07) is 21.6. The number of halogens is 1. The van der Waals surface area contributed by atoms with Crippen LogP contribution in [0.5, 0.6) is 0 Å². The monoisotopic (exact) mass is 448 g/mol. The lowest BCUT2D eigenvalue weighted by molar-refractivity contribution is -0.137. The first-order valence-electron chi connectivity index (χ1n) is 10.6. The van der Waals surface area contributed by atoms with Crippen LogP contribution in [-0.2, 0) is 16.0 Å². The lowest BCUT2D eigenvalue weighted by atomic mass is 10.0. The van der Waals surface area contributed by atoms with Crippen LogP contribution in [0.1, 0.15) is 28.8 Å². The van der Waals surface area contributed by atoms with Gasteiger partial charge in [-0.1, -0.05) is 54.6 Å². The maximum Gasteiger partial charge on any atom is 0.303 e. The van der Waals surface area contributed by atoms with Crippen LogP contribution in [-0.4, -0.2) is 35.5 Å². The van der Waals surface area contributed by atoms with Crippen LogP contribution in [0.3, 0.4) is 0 Å². The molecular weight excluding hydrogens is 423 g/mol. The summed E-state index contributed by atoms with van der Waals surface area (Å²) < 4.78 is 13.0. The van der Waals surface area contributed by atoms with Crippen molar-refractivity contribution in [3.8, 4) is 11.1 Å². The number of carbonyl (C=O) groups is 3. The van der Waals surface area contributed by atoms with Crippen molar-refractivity contribution in [2.24, 2.45) is 0 Å². The normalized spacial score (nSPS) is 11.4. The van der Waals surface area contributed by atoms with Crippen molar-refractivity contribution < 1.29 is 23.9 Å². The Morgan fingerprint density at radius 2 is 1.48 bits per heavy atom. The first-order valence-corrected chi connectivity index (χ1v) is 10.6. The Kier molecular flexibility index (Phi) is 8.30. The molecule has 0 unspecified atom stereocenters. The topological polar surface area (TPSA) is 95.5 Å². The molecule has 0 saturated carbocycles. The fraction of sp³-hybridized carbons (Fsp3) is 0.192. The summed E-state index contributed by atoms with van der Waals surface area (Å²) in [6.07, 6.45) is 0.182. The van der Waals surface area contributed by atoms with Gasteiger partial charge in [0, 0.05) is 18.5 Å². The summed E-state index contributed by atoms with van der Waals surface area (Å²) in [5, 5.41) is 14.4. The molecule has 0 bridgehead atoms. The Bertz CT molecular complexity index is 1080. The molecule has 0 saturated heterocycles. The van der Waals surface area contributed by atoms with Crippen LogP contribution in [0.25, 0.3) is 11.1 Å². The lowest BCUT2D eigenvalue weighted by Gasteiger charge is -2.18. The molecule has 0 radical (unpaired) electrons. The van der Waals surface area contributed by atoms with Gasteiger partial charge in [-0.25, -0.2) is 4.39 Å². The van der Waals surface area contributed by atoms with Crippen molar-refractivity contribution in [3.63, 3.8) is 0 Å². The standard InChI is InChI=1S/C26H25FN2O4/c27-22-12-6-18(7-13-22)16-17-28-26(33)23(14-15-24(30)31)29-25(32)21-10-8-20(9-11-21)19-4-2-1-3-5-19/h1-13,23H,14-17H2,(H,28,33)(H,29,32)(H,30,31)/t23-/m0/s1. The zero-order chi connectivity index (χ0) is 23.6. The third kappa shape index (κ3) is 7.28. The number of nitrogens with one attached hydrogen (secondary N) is 2. The van der Waals surface area contributed by atoms with E-state index in [1.807, 2.05) is 42.5 Å². The maximum absolute atomic E-state index is 13.0. The number of carbonyl (C=O) groups excluding carboxylic acids is 2. The van der Waals surface area contributed by atoms with E-state index in [0.29, 0.717) is 12.0 Å². The summed E-state index contributed by atoms with van der Waals surface area (Å²) in [5.74, 6) is -2.32. The molecule has 7 heteroatoms. The van der Waals surface area contributed by atoms with Crippen LogP contribution in [0.2, 0.25) is 0 Å². The second-order valence-electron chi connectivity index (χ2n) is 7.57. The zero-order valence-corrected chi connectivity index (χ0v) is 18.0. The number of benzene rings is 3. The third-order valence-corrected chi connectivity index (χ3v) is 5.15. The highest BCUT2D eigenvalue weighted by Crippen LogP contribution is 2.19. The number of rotatable bonds is 10.